The van der Waals surface area contributed by atoms with Crippen LogP contribution in [-0.4, -0.2) is 5.78 Å². The van der Waals surface area contributed by atoms with Crippen LogP contribution in [0.5, 0.6) is 0 Å². The fourth-order valence-electron chi connectivity index (χ4n) is 2.61. The molecule has 0 spiro atoms. The van der Waals surface area contributed by atoms with Gasteiger partial charge in [-0.15, -0.1) is 0 Å². The number of fused-ring (bicyclic) bond motifs is 1. The van der Waals surface area contributed by atoms with Crippen molar-refractivity contribution in [2.45, 2.75) is 18.8 Å². The van der Waals surface area contributed by atoms with Gasteiger partial charge in [0.2, 0.25) is 0 Å². The van der Waals surface area contributed by atoms with Gasteiger partial charge in [0.25, 0.3) is 0 Å². The van der Waals surface area contributed by atoms with Crippen LogP contribution < -0.4 is 0 Å². The Morgan fingerprint density at radius 1 is 1.00 bits per heavy atom. The van der Waals surface area contributed by atoms with Crippen molar-refractivity contribution >= 4 is 21.7 Å². The highest BCUT2D eigenvalue weighted by molar-refractivity contribution is 9.10. The lowest BCUT2D eigenvalue weighted by atomic mass is 9.79. The average Bonchev–Trinajstić information content (AvgIpc) is 2.41. The Bertz CT molecular complexity index is 586. The van der Waals surface area contributed by atoms with Crippen LogP contribution in [0.1, 0.15) is 33.8 Å². The lowest BCUT2D eigenvalue weighted by Crippen LogP contribution is -2.20. The molecule has 1 aliphatic rings. The summed E-state index contributed by atoms with van der Waals surface area (Å²) < 4.78 is 1.05. The van der Waals surface area contributed by atoms with Crippen LogP contribution in [0.15, 0.2) is 53.0 Å². The molecule has 18 heavy (non-hydrogen) atoms. The van der Waals surface area contributed by atoms with Gasteiger partial charge in [0.1, 0.15) is 0 Å². The Balaban J connectivity index is 1.97. The van der Waals surface area contributed by atoms with Gasteiger partial charge >= 0.3 is 0 Å². The van der Waals surface area contributed by atoms with Crippen LogP contribution in [0.4, 0.5) is 0 Å². The van der Waals surface area contributed by atoms with Crippen molar-refractivity contribution in [2.24, 2.45) is 0 Å². The van der Waals surface area contributed by atoms with E-state index < -0.39 is 0 Å². The Morgan fingerprint density at radius 3 is 2.50 bits per heavy atom. The number of halogens is 1. The number of rotatable bonds is 1. The second kappa shape index (κ2) is 4.69. The van der Waals surface area contributed by atoms with Crippen molar-refractivity contribution in [3.8, 4) is 0 Å². The van der Waals surface area contributed by atoms with E-state index in [1.807, 2.05) is 42.5 Å². The standard InChI is InChI=1S/C16H13BrO/c17-13-8-5-12(6-9-13)15-10-7-11-3-1-2-4-14(11)16(15)18/h1-6,8-9,15H,7,10H2. The number of hydrogen-bond acceptors (Lipinski definition) is 1. The van der Waals surface area contributed by atoms with E-state index in [1.54, 1.807) is 0 Å². The Morgan fingerprint density at radius 2 is 1.72 bits per heavy atom. The lowest BCUT2D eigenvalue weighted by Gasteiger charge is -2.23. The largest absolute Gasteiger partial charge is 0.293 e. The Labute approximate surface area is 115 Å². The minimum atomic E-state index is 0.0213. The maximum absolute atomic E-state index is 12.5. The molecule has 0 aliphatic heterocycles. The normalized spacial score (nSPS) is 18.5. The molecule has 1 aliphatic carbocycles. The van der Waals surface area contributed by atoms with Gasteiger partial charge in [-0.3, -0.25) is 4.79 Å². The zero-order valence-corrected chi connectivity index (χ0v) is 11.5. The van der Waals surface area contributed by atoms with E-state index in [1.165, 1.54) is 5.56 Å². The van der Waals surface area contributed by atoms with Crippen LogP contribution in [0, 0.1) is 0 Å². The predicted molar refractivity (Wildman–Crippen MR) is 76.0 cm³/mol. The van der Waals surface area contributed by atoms with E-state index in [2.05, 4.69) is 22.0 Å². The minimum Gasteiger partial charge on any atom is -0.293 e. The maximum Gasteiger partial charge on any atom is 0.170 e. The molecule has 2 aromatic rings. The van der Waals surface area contributed by atoms with Crippen LogP contribution in [0.3, 0.4) is 0 Å². The van der Waals surface area contributed by atoms with Crippen molar-refractivity contribution in [3.63, 3.8) is 0 Å². The molecular formula is C16H13BrO. The third-order valence-corrected chi connectivity index (χ3v) is 4.10. The number of aryl methyl sites for hydroxylation is 1. The monoisotopic (exact) mass is 300 g/mol. The summed E-state index contributed by atoms with van der Waals surface area (Å²) in [5.74, 6) is 0.284. The molecule has 0 saturated heterocycles. The summed E-state index contributed by atoms with van der Waals surface area (Å²) in [5.41, 5.74) is 3.21. The number of Topliss-reactive ketones (excluding diaryl/α,β-unsaturated/α-hetero) is 1. The summed E-state index contributed by atoms with van der Waals surface area (Å²) in [7, 11) is 0. The smallest absolute Gasteiger partial charge is 0.170 e. The molecule has 0 heterocycles. The van der Waals surface area contributed by atoms with Gasteiger partial charge in [0, 0.05) is 16.0 Å². The summed E-state index contributed by atoms with van der Waals surface area (Å²) in [6.45, 7) is 0. The first-order valence-corrected chi connectivity index (χ1v) is 6.92. The Hall–Kier alpha value is -1.41. The second-order valence-corrected chi connectivity index (χ2v) is 5.58. The summed E-state index contributed by atoms with van der Waals surface area (Å²) in [5, 5.41) is 0. The number of carbonyl (C=O) groups excluding carboxylic acids is 1. The first kappa shape index (κ1) is 11.7. The molecular weight excluding hydrogens is 288 g/mol. The number of hydrogen-bond donors (Lipinski definition) is 0. The van der Waals surface area contributed by atoms with Crippen molar-refractivity contribution < 1.29 is 4.79 Å². The van der Waals surface area contributed by atoms with Gasteiger partial charge in [-0.1, -0.05) is 52.3 Å². The highest BCUT2D eigenvalue weighted by atomic mass is 79.9. The van der Waals surface area contributed by atoms with Gasteiger partial charge in [-0.05, 0) is 36.1 Å². The third kappa shape index (κ3) is 2.01. The van der Waals surface area contributed by atoms with Crippen molar-refractivity contribution in [3.05, 3.63) is 69.7 Å². The molecule has 3 rings (SSSR count). The highest BCUT2D eigenvalue weighted by Gasteiger charge is 2.27. The van der Waals surface area contributed by atoms with E-state index in [0.717, 1.165) is 28.4 Å². The maximum atomic E-state index is 12.5. The number of benzene rings is 2. The van der Waals surface area contributed by atoms with E-state index in [4.69, 9.17) is 0 Å². The molecule has 1 atom stereocenters. The van der Waals surface area contributed by atoms with Crippen LogP contribution in [-0.2, 0) is 6.42 Å². The summed E-state index contributed by atoms with van der Waals surface area (Å²) in [4.78, 5) is 12.5. The van der Waals surface area contributed by atoms with Crippen molar-refractivity contribution in [1.82, 2.24) is 0 Å². The predicted octanol–water partition coefficient (Wildman–Crippen LogP) is 4.36. The number of carbonyl (C=O) groups is 1. The zero-order valence-electron chi connectivity index (χ0n) is 9.90. The van der Waals surface area contributed by atoms with Crippen LogP contribution >= 0.6 is 15.9 Å². The molecule has 2 aromatic carbocycles. The summed E-state index contributed by atoms with van der Waals surface area (Å²) in [6, 6.07) is 16.0. The average molecular weight is 301 g/mol. The molecule has 0 N–H and O–H groups in total. The number of ketones is 1. The molecule has 0 radical (unpaired) electrons. The topological polar surface area (TPSA) is 17.1 Å². The molecule has 0 fully saturated rings. The van der Waals surface area contributed by atoms with Gasteiger partial charge in [0.05, 0.1) is 0 Å². The molecule has 0 bridgehead atoms. The summed E-state index contributed by atoms with van der Waals surface area (Å²) >= 11 is 3.43. The molecule has 0 saturated carbocycles. The fraction of sp³-hybridized carbons (Fsp3) is 0.188. The lowest BCUT2D eigenvalue weighted by molar-refractivity contribution is 0.0946. The Kier molecular flexibility index (Phi) is 3.04. The van der Waals surface area contributed by atoms with Crippen molar-refractivity contribution in [2.75, 3.05) is 0 Å². The molecule has 2 heteroatoms. The van der Waals surface area contributed by atoms with Crippen LogP contribution in [0.2, 0.25) is 0 Å². The van der Waals surface area contributed by atoms with E-state index in [0.29, 0.717) is 0 Å². The highest BCUT2D eigenvalue weighted by Crippen LogP contribution is 2.32. The third-order valence-electron chi connectivity index (χ3n) is 3.57. The van der Waals surface area contributed by atoms with E-state index >= 15 is 0 Å². The van der Waals surface area contributed by atoms with Gasteiger partial charge < -0.3 is 0 Å². The summed E-state index contributed by atoms with van der Waals surface area (Å²) in [6.07, 6.45) is 1.90. The first-order valence-electron chi connectivity index (χ1n) is 6.13. The molecule has 0 amide bonds. The van der Waals surface area contributed by atoms with Crippen LogP contribution in [0.25, 0.3) is 0 Å². The molecule has 1 unspecified atom stereocenters. The molecule has 1 nitrogen and oxygen atoms in total. The molecule has 0 aromatic heterocycles. The zero-order chi connectivity index (χ0) is 12.5. The minimum absolute atomic E-state index is 0.0213. The molecule has 90 valence electrons. The van der Waals surface area contributed by atoms with Gasteiger partial charge in [-0.25, -0.2) is 0 Å². The second-order valence-electron chi connectivity index (χ2n) is 4.66. The van der Waals surface area contributed by atoms with E-state index in [9.17, 15) is 4.79 Å². The fourth-order valence-corrected chi connectivity index (χ4v) is 2.87. The van der Waals surface area contributed by atoms with E-state index in [-0.39, 0.29) is 11.7 Å². The quantitative estimate of drug-likeness (QED) is 0.765. The SMILES string of the molecule is O=C1c2ccccc2CCC1c1ccc(Br)cc1. The van der Waals surface area contributed by atoms with Gasteiger partial charge in [0.15, 0.2) is 5.78 Å². The van der Waals surface area contributed by atoms with Crippen molar-refractivity contribution in [1.29, 1.82) is 0 Å². The first-order chi connectivity index (χ1) is 8.75. The van der Waals surface area contributed by atoms with Gasteiger partial charge in [-0.2, -0.15) is 0 Å².